The molecule has 4 aromatic carbocycles. The molecule has 49 heavy (non-hydrogen) atoms. The van der Waals surface area contributed by atoms with Crippen molar-refractivity contribution in [3.63, 3.8) is 0 Å². The summed E-state index contributed by atoms with van der Waals surface area (Å²) < 4.78 is 24.3. The Morgan fingerprint density at radius 3 is 2.33 bits per heavy atom. The maximum Gasteiger partial charge on any atom is 0.271 e. The molecule has 1 saturated heterocycles. The molecule has 1 aromatic heterocycles. The van der Waals surface area contributed by atoms with E-state index in [1.165, 1.54) is 17.3 Å². The van der Waals surface area contributed by atoms with Crippen molar-refractivity contribution in [2.24, 2.45) is 0 Å². The van der Waals surface area contributed by atoms with Gasteiger partial charge in [-0.3, -0.25) is 14.7 Å². The Morgan fingerprint density at radius 1 is 0.898 bits per heavy atom. The number of benzene rings is 4. The second kappa shape index (κ2) is 14.7. The number of amides is 1. The fourth-order valence-electron chi connectivity index (χ4n) is 6.55. The highest BCUT2D eigenvalue weighted by Crippen LogP contribution is 2.39. The van der Waals surface area contributed by atoms with Gasteiger partial charge in [0.2, 0.25) is 0 Å². The molecule has 2 aliphatic heterocycles. The Balaban J connectivity index is 1.04. The predicted octanol–water partition coefficient (Wildman–Crippen LogP) is 5.67. The Hall–Kier alpha value is -4.87. The molecule has 3 atom stereocenters. The van der Waals surface area contributed by atoms with Crippen molar-refractivity contribution in [1.29, 1.82) is 0 Å². The summed E-state index contributed by atoms with van der Waals surface area (Å²) in [5, 5.41) is 12.5. The van der Waals surface area contributed by atoms with E-state index in [9.17, 15) is 9.90 Å². The van der Waals surface area contributed by atoms with Crippen molar-refractivity contribution in [3.8, 4) is 11.5 Å². The van der Waals surface area contributed by atoms with Crippen molar-refractivity contribution >= 4 is 16.9 Å². The number of para-hydroxylation sites is 2. The first-order chi connectivity index (χ1) is 24.0. The van der Waals surface area contributed by atoms with Crippen LogP contribution in [0.15, 0.2) is 91.1 Å². The maximum absolute atomic E-state index is 12.8. The van der Waals surface area contributed by atoms with E-state index in [1.807, 2.05) is 72.8 Å². The van der Waals surface area contributed by atoms with Crippen molar-refractivity contribution in [3.05, 3.63) is 130 Å². The normalized spacial score (nSPS) is 19.3. The van der Waals surface area contributed by atoms with Crippen LogP contribution < -0.4 is 14.8 Å². The summed E-state index contributed by atoms with van der Waals surface area (Å²) in [4.78, 5) is 24.1. The highest BCUT2D eigenvalue weighted by Gasteiger charge is 2.34. The standard InChI is InChI=1S/C39H40N4O6/c1-46-36-17-29-15-16-43(22-30(29)18-37(36)47-2)23-31-19-35(27-11-9-26(24-44)10-12-27)49-39(48-31)28-13-7-25(8-14-28)20-41-38(45)34-21-40-32-5-3-4-6-33(32)42-34/h3-14,17-18,21,31,35,39,44H,15-16,19-20,22-24H2,1-2H3,(H,41,45)/t31-,35+,39+/m0/s1. The molecule has 7 rings (SSSR count). The molecule has 0 unspecified atom stereocenters. The average Bonchev–Trinajstić information content (AvgIpc) is 3.16. The first-order valence-corrected chi connectivity index (χ1v) is 16.5. The molecule has 0 saturated carbocycles. The van der Waals surface area contributed by atoms with Gasteiger partial charge in [0.05, 0.1) is 50.3 Å². The van der Waals surface area contributed by atoms with Crippen molar-refractivity contribution in [2.45, 2.75) is 51.0 Å². The second-order valence-corrected chi connectivity index (χ2v) is 12.5. The zero-order valence-electron chi connectivity index (χ0n) is 27.7. The molecule has 0 spiro atoms. The lowest BCUT2D eigenvalue weighted by atomic mass is 9.97. The molecule has 1 amide bonds. The van der Waals surface area contributed by atoms with E-state index in [1.54, 1.807) is 14.2 Å². The molecule has 0 bridgehead atoms. The van der Waals surface area contributed by atoms with E-state index in [0.29, 0.717) is 18.5 Å². The van der Waals surface area contributed by atoms with Gasteiger partial charge in [-0.15, -0.1) is 0 Å². The van der Waals surface area contributed by atoms with Gasteiger partial charge in [0.1, 0.15) is 5.69 Å². The van der Waals surface area contributed by atoms with Crippen LogP contribution in [0.2, 0.25) is 0 Å². The zero-order valence-corrected chi connectivity index (χ0v) is 27.7. The summed E-state index contributed by atoms with van der Waals surface area (Å²) >= 11 is 0. The summed E-state index contributed by atoms with van der Waals surface area (Å²) in [6, 6.07) is 27.5. The van der Waals surface area contributed by atoms with E-state index in [2.05, 4.69) is 32.3 Å². The Kier molecular flexibility index (Phi) is 9.81. The molecule has 0 radical (unpaired) electrons. The summed E-state index contributed by atoms with van der Waals surface area (Å²) in [5.41, 5.74) is 7.97. The SMILES string of the molecule is COc1cc2c(cc1OC)CN(C[C@@H]1C[C@H](c3ccc(CO)cc3)O[C@H](c3ccc(CNC(=O)c4cnc5ccccc5n4)cc3)O1)CC2. The molecule has 1 fully saturated rings. The highest BCUT2D eigenvalue weighted by atomic mass is 16.7. The number of methoxy groups -OCH3 is 2. The number of ether oxygens (including phenoxy) is 4. The molecule has 5 aromatic rings. The van der Waals surface area contributed by atoms with Gasteiger partial charge in [-0.2, -0.15) is 0 Å². The number of aliphatic hydroxyl groups excluding tert-OH is 1. The lowest BCUT2D eigenvalue weighted by Gasteiger charge is -2.39. The first kappa shape index (κ1) is 32.7. The summed E-state index contributed by atoms with van der Waals surface area (Å²) in [7, 11) is 3.33. The smallest absolute Gasteiger partial charge is 0.271 e. The zero-order chi connectivity index (χ0) is 33.7. The van der Waals surface area contributed by atoms with Crippen LogP contribution in [0.3, 0.4) is 0 Å². The van der Waals surface area contributed by atoms with Crippen LogP contribution in [-0.2, 0) is 35.6 Å². The number of fused-ring (bicyclic) bond motifs is 2. The monoisotopic (exact) mass is 660 g/mol. The van der Waals surface area contributed by atoms with Crippen LogP contribution >= 0.6 is 0 Å². The first-order valence-electron chi connectivity index (χ1n) is 16.5. The van der Waals surface area contributed by atoms with Crippen LogP contribution in [0.1, 0.15) is 62.7 Å². The fraction of sp³-hybridized carbons (Fsp3) is 0.308. The van der Waals surface area contributed by atoms with Crippen LogP contribution in [0.5, 0.6) is 11.5 Å². The number of nitrogens with zero attached hydrogens (tertiary/aromatic N) is 3. The van der Waals surface area contributed by atoms with Crippen molar-refractivity contribution in [2.75, 3.05) is 27.3 Å². The second-order valence-electron chi connectivity index (χ2n) is 12.5. The van der Waals surface area contributed by atoms with E-state index in [0.717, 1.165) is 65.3 Å². The number of carbonyl (C=O) groups excluding carboxylic acids is 1. The quantitative estimate of drug-likeness (QED) is 0.196. The van der Waals surface area contributed by atoms with Gasteiger partial charge in [0.25, 0.3) is 5.91 Å². The Bertz CT molecular complexity index is 1920. The van der Waals surface area contributed by atoms with Gasteiger partial charge in [-0.25, -0.2) is 4.98 Å². The van der Waals surface area contributed by atoms with E-state index < -0.39 is 6.29 Å². The van der Waals surface area contributed by atoms with Gasteiger partial charge in [0, 0.05) is 38.2 Å². The van der Waals surface area contributed by atoms with Gasteiger partial charge in [0.15, 0.2) is 17.8 Å². The number of rotatable bonds is 10. The largest absolute Gasteiger partial charge is 0.493 e. The fourth-order valence-corrected chi connectivity index (χ4v) is 6.55. The number of aromatic nitrogens is 2. The molecule has 10 heteroatoms. The minimum atomic E-state index is -0.570. The molecule has 252 valence electrons. The molecule has 3 heterocycles. The number of carbonyl (C=O) groups is 1. The summed E-state index contributed by atoms with van der Waals surface area (Å²) in [6.07, 6.45) is 2.29. The number of hydrogen-bond donors (Lipinski definition) is 2. The average molecular weight is 661 g/mol. The molecule has 0 aliphatic carbocycles. The van der Waals surface area contributed by atoms with Crippen LogP contribution in [0, 0.1) is 0 Å². The maximum atomic E-state index is 12.8. The molecule has 2 aliphatic rings. The lowest BCUT2D eigenvalue weighted by Crippen LogP contribution is -2.41. The van der Waals surface area contributed by atoms with Gasteiger partial charge < -0.3 is 29.4 Å². The van der Waals surface area contributed by atoms with Crippen molar-refractivity contribution in [1.82, 2.24) is 20.2 Å². The molecular formula is C39H40N4O6. The van der Waals surface area contributed by atoms with Gasteiger partial charge >= 0.3 is 0 Å². The van der Waals surface area contributed by atoms with E-state index >= 15 is 0 Å². The van der Waals surface area contributed by atoms with E-state index in [-0.39, 0.29) is 30.4 Å². The number of nitrogens with one attached hydrogen (secondary N) is 1. The lowest BCUT2D eigenvalue weighted by molar-refractivity contribution is -0.253. The van der Waals surface area contributed by atoms with Crippen LogP contribution in [0.25, 0.3) is 11.0 Å². The van der Waals surface area contributed by atoms with Crippen LogP contribution in [-0.4, -0.2) is 59.3 Å². The summed E-state index contributed by atoms with van der Waals surface area (Å²) in [6.45, 7) is 2.79. The molecular weight excluding hydrogens is 620 g/mol. The Morgan fingerprint density at radius 2 is 1.59 bits per heavy atom. The minimum absolute atomic E-state index is 0.00425. The third-order valence-electron chi connectivity index (χ3n) is 9.26. The summed E-state index contributed by atoms with van der Waals surface area (Å²) in [5.74, 6) is 1.22. The predicted molar refractivity (Wildman–Crippen MR) is 184 cm³/mol. The van der Waals surface area contributed by atoms with E-state index in [4.69, 9.17) is 18.9 Å². The number of aliphatic hydroxyl groups is 1. The third kappa shape index (κ3) is 7.42. The highest BCUT2D eigenvalue weighted by molar-refractivity contribution is 5.93. The number of hydrogen-bond acceptors (Lipinski definition) is 9. The third-order valence-corrected chi connectivity index (χ3v) is 9.26. The molecule has 10 nitrogen and oxygen atoms in total. The van der Waals surface area contributed by atoms with Gasteiger partial charge in [-0.05, 0) is 58.5 Å². The minimum Gasteiger partial charge on any atom is -0.493 e. The Labute approximate surface area is 285 Å². The molecule has 2 N–H and O–H groups in total. The van der Waals surface area contributed by atoms with Crippen LogP contribution in [0.4, 0.5) is 0 Å². The topological polar surface area (TPSA) is 115 Å². The van der Waals surface area contributed by atoms with Crippen molar-refractivity contribution < 1.29 is 28.8 Å². The van der Waals surface area contributed by atoms with Gasteiger partial charge in [-0.1, -0.05) is 60.7 Å².